The molecule has 0 aliphatic heterocycles. The molecule has 1 rings (SSSR count). The van der Waals surface area contributed by atoms with E-state index in [9.17, 15) is 0 Å². The van der Waals surface area contributed by atoms with Crippen LogP contribution >= 0.6 is 0 Å². The minimum absolute atomic E-state index is 0.554. The summed E-state index contributed by atoms with van der Waals surface area (Å²) in [5, 5.41) is 3.29. The van der Waals surface area contributed by atoms with Crippen molar-refractivity contribution in [3.63, 3.8) is 0 Å². The molecule has 4 heteroatoms. The third-order valence-electron chi connectivity index (χ3n) is 2.61. The number of hydrogen-bond donors (Lipinski definition) is 1. The summed E-state index contributed by atoms with van der Waals surface area (Å²) in [7, 11) is 3.35. The van der Waals surface area contributed by atoms with E-state index < -0.39 is 0 Å². The molecule has 0 fully saturated rings. The second kappa shape index (κ2) is 9.42. The minimum atomic E-state index is 0.554. The molecule has 4 nitrogen and oxygen atoms in total. The van der Waals surface area contributed by atoms with Gasteiger partial charge in [0, 0.05) is 20.2 Å². The maximum absolute atomic E-state index is 5.61. The quantitative estimate of drug-likeness (QED) is 0.550. The number of ether oxygens (including phenoxy) is 3. The van der Waals surface area contributed by atoms with E-state index in [1.54, 1.807) is 14.2 Å². The van der Waals surface area contributed by atoms with Gasteiger partial charge in [-0.05, 0) is 24.6 Å². The molecule has 0 aliphatic carbocycles. The zero-order chi connectivity index (χ0) is 13.9. The molecule has 0 radical (unpaired) electrons. The molecule has 0 spiro atoms. The highest BCUT2D eigenvalue weighted by atomic mass is 16.5. The van der Waals surface area contributed by atoms with Crippen LogP contribution < -0.4 is 14.8 Å². The Kier molecular flexibility index (Phi) is 7.70. The molecule has 0 saturated carbocycles. The Morgan fingerprint density at radius 1 is 1.21 bits per heavy atom. The SMILES string of the molecule is CC=CCOc1ccc(CNCCOC)cc1OC. The van der Waals surface area contributed by atoms with Gasteiger partial charge in [0.2, 0.25) is 0 Å². The molecular weight excluding hydrogens is 242 g/mol. The smallest absolute Gasteiger partial charge is 0.161 e. The molecule has 19 heavy (non-hydrogen) atoms. The predicted octanol–water partition coefficient (Wildman–Crippen LogP) is 2.39. The summed E-state index contributed by atoms with van der Waals surface area (Å²) < 4.78 is 15.9. The molecule has 1 N–H and O–H groups in total. The molecule has 0 aromatic heterocycles. The van der Waals surface area contributed by atoms with Crippen molar-refractivity contribution in [1.29, 1.82) is 0 Å². The van der Waals surface area contributed by atoms with Crippen LogP contribution in [0.4, 0.5) is 0 Å². The van der Waals surface area contributed by atoms with E-state index in [0.29, 0.717) is 13.2 Å². The second-order valence-electron chi connectivity index (χ2n) is 4.03. The molecule has 0 aliphatic rings. The van der Waals surface area contributed by atoms with E-state index >= 15 is 0 Å². The van der Waals surface area contributed by atoms with Crippen molar-refractivity contribution < 1.29 is 14.2 Å². The topological polar surface area (TPSA) is 39.7 Å². The Bertz CT molecular complexity index is 391. The number of rotatable bonds is 9. The van der Waals surface area contributed by atoms with Gasteiger partial charge in [0.25, 0.3) is 0 Å². The predicted molar refractivity (Wildman–Crippen MR) is 76.9 cm³/mol. The van der Waals surface area contributed by atoms with Gasteiger partial charge in [0.1, 0.15) is 6.61 Å². The fourth-order valence-electron chi connectivity index (χ4n) is 1.58. The van der Waals surface area contributed by atoms with Gasteiger partial charge in [0.15, 0.2) is 11.5 Å². The molecule has 1 aromatic carbocycles. The van der Waals surface area contributed by atoms with Gasteiger partial charge in [0.05, 0.1) is 13.7 Å². The molecule has 1 aromatic rings. The molecule has 0 unspecified atom stereocenters. The van der Waals surface area contributed by atoms with Gasteiger partial charge in [-0.15, -0.1) is 0 Å². The highest BCUT2D eigenvalue weighted by molar-refractivity contribution is 5.43. The van der Waals surface area contributed by atoms with Crippen LogP contribution in [0.5, 0.6) is 11.5 Å². The maximum atomic E-state index is 5.61. The Morgan fingerprint density at radius 2 is 2.05 bits per heavy atom. The van der Waals surface area contributed by atoms with Gasteiger partial charge in [-0.2, -0.15) is 0 Å². The van der Waals surface area contributed by atoms with Crippen LogP contribution in [-0.4, -0.2) is 34.0 Å². The van der Waals surface area contributed by atoms with E-state index in [0.717, 1.165) is 30.2 Å². The van der Waals surface area contributed by atoms with Gasteiger partial charge >= 0.3 is 0 Å². The lowest BCUT2D eigenvalue weighted by Crippen LogP contribution is -2.18. The Morgan fingerprint density at radius 3 is 2.74 bits per heavy atom. The first kappa shape index (κ1) is 15.5. The lowest BCUT2D eigenvalue weighted by Gasteiger charge is -2.11. The van der Waals surface area contributed by atoms with Crippen LogP contribution in [0.15, 0.2) is 30.4 Å². The molecule has 0 bridgehead atoms. The van der Waals surface area contributed by atoms with Crippen LogP contribution in [0.25, 0.3) is 0 Å². The Balaban J connectivity index is 2.56. The number of hydrogen-bond acceptors (Lipinski definition) is 4. The number of benzene rings is 1. The highest BCUT2D eigenvalue weighted by Crippen LogP contribution is 2.28. The summed E-state index contributed by atoms with van der Waals surface area (Å²) in [4.78, 5) is 0. The van der Waals surface area contributed by atoms with E-state index in [1.165, 1.54) is 0 Å². The van der Waals surface area contributed by atoms with Crippen LogP contribution in [0.2, 0.25) is 0 Å². The van der Waals surface area contributed by atoms with Crippen molar-refractivity contribution >= 4 is 0 Å². The van der Waals surface area contributed by atoms with E-state index in [-0.39, 0.29) is 0 Å². The average molecular weight is 265 g/mol. The summed E-state index contributed by atoms with van der Waals surface area (Å²) >= 11 is 0. The highest BCUT2D eigenvalue weighted by Gasteiger charge is 2.05. The Hall–Kier alpha value is -1.52. The lowest BCUT2D eigenvalue weighted by atomic mass is 10.2. The molecule has 0 atom stereocenters. The fourth-order valence-corrected chi connectivity index (χ4v) is 1.58. The number of methoxy groups -OCH3 is 2. The van der Waals surface area contributed by atoms with Crippen molar-refractivity contribution in [2.75, 3.05) is 34.0 Å². The minimum Gasteiger partial charge on any atom is -0.493 e. The molecule has 0 saturated heterocycles. The third-order valence-corrected chi connectivity index (χ3v) is 2.61. The van der Waals surface area contributed by atoms with Crippen LogP contribution in [0, 0.1) is 0 Å². The third kappa shape index (κ3) is 5.77. The van der Waals surface area contributed by atoms with Crippen molar-refractivity contribution in [3.05, 3.63) is 35.9 Å². The van der Waals surface area contributed by atoms with E-state index in [1.807, 2.05) is 37.3 Å². The van der Waals surface area contributed by atoms with E-state index in [4.69, 9.17) is 14.2 Å². The largest absolute Gasteiger partial charge is 0.493 e. The number of allylic oxidation sites excluding steroid dienone is 1. The second-order valence-corrected chi connectivity index (χ2v) is 4.03. The first-order chi connectivity index (χ1) is 9.31. The van der Waals surface area contributed by atoms with Gasteiger partial charge < -0.3 is 19.5 Å². The summed E-state index contributed by atoms with van der Waals surface area (Å²) in [5.41, 5.74) is 1.16. The van der Waals surface area contributed by atoms with Gasteiger partial charge in [-0.1, -0.05) is 18.2 Å². The number of nitrogens with one attached hydrogen (secondary N) is 1. The van der Waals surface area contributed by atoms with Gasteiger partial charge in [-0.3, -0.25) is 0 Å². The lowest BCUT2D eigenvalue weighted by molar-refractivity contribution is 0.199. The molecular formula is C15H23NO3. The Labute approximate surface area is 115 Å². The van der Waals surface area contributed by atoms with Crippen molar-refractivity contribution in [1.82, 2.24) is 5.32 Å². The molecule has 106 valence electrons. The summed E-state index contributed by atoms with van der Waals surface area (Å²) in [6, 6.07) is 5.97. The summed E-state index contributed by atoms with van der Waals surface area (Å²) in [5.74, 6) is 1.52. The van der Waals surface area contributed by atoms with Crippen LogP contribution in [0.3, 0.4) is 0 Å². The summed E-state index contributed by atoms with van der Waals surface area (Å²) in [6.07, 6.45) is 3.92. The van der Waals surface area contributed by atoms with Crippen molar-refractivity contribution in [2.45, 2.75) is 13.5 Å². The zero-order valence-electron chi connectivity index (χ0n) is 11.9. The van der Waals surface area contributed by atoms with E-state index in [2.05, 4.69) is 5.32 Å². The normalized spacial score (nSPS) is 10.9. The summed E-state index contributed by atoms with van der Waals surface area (Å²) in [6.45, 7) is 4.85. The van der Waals surface area contributed by atoms with Crippen molar-refractivity contribution in [3.8, 4) is 11.5 Å². The first-order valence-corrected chi connectivity index (χ1v) is 6.42. The zero-order valence-corrected chi connectivity index (χ0v) is 11.9. The molecule has 0 amide bonds. The monoisotopic (exact) mass is 265 g/mol. The fraction of sp³-hybridized carbons (Fsp3) is 0.467. The van der Waals surface area contributed by atoms with Crippen LogP contribution in [0.1, 0.15) is 12.5 Å². The standard InChI is InChI=1S/C15H23NO3/c1-4-5-9-19-14-7-6-13(11-15(14)18-3)12-16-8-10-17-2/h4-7,11,16H,8-10,12H2,1-3H3. The van der Waals surface area contributed by atoms with Crippen molar-refractivity contribution in [2.24, 2.45) is 0 Å². The average Bonchev–Trinajstić information content (AvgIpc) is 2.45. The first-order valence-electron chi connectivity index (χ1n) is 6.42. The molecule has 0 heterocycles. The maximum Gasteiger partial charge on any atom is 0.161 e. The van der Waals surface area contributed by atoms with Gasteiger partial charge in [-0.25, -0.2) is 0 Å². The van der Waals surface area contributed by atoms with Crippen LogP contribution in [-0.2, 0) is 11.3 Å².